The first-order valence-electron chi connectivity index (χ1n) is 6.65. The number of hydrogen-bond acceptors (Lipinski definition) is 4. The van der Waals surface area contributed by atoms with Gasteiger partial charge in [-0.1, -0.05) is 24.3 Å². The van der Waals surface area contributed by atoms with E-state index in [0.29, 0.717) is 11.1 Å². The van der Waals surface area contributed by atoms with Crippen LogP contribution in [0.3, 0.4) is 0 Å². The van der Waals surface area contributed by atoms with Gasteiger partial charge in [-0.2, -0.15) is 0 Å². The van der Waals surface area contributed by atoms with Gasteiger partial charge in [0, 0.05) is 0 Å². The van der Waals surface area contributed by atoms with Crippen molar-refractivity contribution in [2.24, 2.45) is 0 Å². The average molecular weight is 295 g/mol. The van der Waals surface area contributed by atoms with Crippen molar-refractivity contribution in [1.29, 1.82) is 0 Å². The van der Waals surface area contributed by atoms with Crippen LogP contribution < -0.4 is 10.5 Å². The summed E-state index contributed by atoms with van der Waals surface area (Å²) >= 11 is 0. The summed E-state index contributed by atoms with van der Waals surface area (Å²) in [5.74, 6) is -0.0547. The van der Waals surface area contributed by atoms with E-state index in [1.165, 1.54) is 6.08 Å². The number of aromatic nitrogens is 1. The van der Waals surface area contributed by atoms with Gasteiger partial charge in [0.2, 0.25) is 0 Å². The summed E-state index contributed by atoms with van der Waals surface area (Å²) in [6, 6.07) is 12.3. The molecule has 3 aromatic rings. The maximum Gasteiger partial charge on any atom is 0.417 e. The lowest BCUT2D eigenvalue weighted by atomic mass is 10.1. The highest BCUT2D eigenvalue weighted by atomic mass is 16.5. The third-order valence-electron chi connectivity index (χ3n) is 3.25. The molecule has 0 aliphatic heterocycles. The van der Waals surface area contributed by atoms with Crippen molar-refractivity contribution in [2.75, 3.05) is 7.11 Å². The highest BCUT2D eigenvalue weighted by molar-refractivity contribution is 6.12. The molecule has 0 saturated heterocycles. The summed E-state index contributed by atoms with van der Waals surface area (Å²) in [5, 5.41) is 0. The van der Waals surface area contributed by atoms with Crippen LogP contribution >= 0.6 is 0 Å². The van der Waals surface area contributed by atoms with Crippen LogP contribution in [0.2, 0.25) is 0 Å². The van der Waals surface area contributed by atoms with Gasteiger partial charge in [0.25, 0.3) is 0 Å². The Balaban J connectivity index is 1.89. The first-order valence-corrected chi connectivity index (χ1v) is 6.65. The fourth-order valence-corrected chi connectivity index (χ4v) is 2.14. The zero-order valence-corrected chi connectivity index (χ0v) is 11.8. The van der Waals surface area contributed by atoms with Crippen LogP contribution in [-0.4, -0.2) is 17.9 Å². The zero-order valence-electron chi connectivity index (χ0n) is 11.8. The molecule has 0 aliphatic carbocycles. The number of allylic oxidation sites excluding steroid dienone is 1. The molecular weight excluding hydrogens is 282 g/mol. The van der Waals surface area contributed by atoms with Crippen molar-refractivity contribution in [2.45, 2.75) is 0 Å². The summed E-state index contributed by atoms with van der Waals surface area (Å²) < 4.78 is 10.1. The van der Waals surface area contributed by atoms with Crippen LogP contribution in [0.4, 0.5) is 0 Å². The van der Waals surface area contributed by atoms with Crippen LogP contribution in [-0.2, 0) is 0 Å². The molecule has 0 spiro atoms. The van der Waals surface area contributed by atoms with E-state index in [1.54, 1.807) is 31.4 Å². The number of rotatable bonds is 4. The predicted molar refractivity (Wildman–Crippen MR) is 83.2 cm³/mol. The van der Waals surface area contributed by atoms with E-state index in [2.05, 4.69) is 4.98 Å². The van der Waals surface area contributed by atoms with Crippen molar-refractivity contribution in [1.82, 2.24) is 4.98 Å². The van der Waals surface area contributed by atoms with Gasteiger partial charge < -0.3 is 9.15 Å². The number of methoxy groups -OCH3 is 1. The van der Waals surface area contributed by atoms with Gasteiger partial charge in [0.1, 0.15) is 5.75 Å². The number of nitrogens with one attached hydrogen (secondary N) is 1. The summed E-state index contributed by atoms with van der Waals surface area (Å²) in [5.41, 5.74) is 2.00. The molecule has 110 valence electrons. The van der Waals surface area contributed by atoms with E-state index in [9.17, 15) is 9.59 Å². The molecule has 1 heterocycles. The summed E-state index contributed by atoms with van der Waals surface area (Å²) in [7, 11) is 1.60. The number of carbonyl (C=O) groups excluding carboxylic acids is 1. The van der Waals surface area contributed by atoms with Crippen LogP contribution in [0.15, 0.2) is 57.8 Å². The van der Waals surface area contributed by atoms with Gasteiger partial charge in [-0.25, -0.2) is 4.79 Å². The summed E-state index contributed by atoms with van der Waals surface area (Å²) in [6.07, 6.45) is 3.15. The van der Waals surface area contributed by atoms with E-state index in [4.69, 9.17) is 9.15 Å². The Hall–Kier alpha value is -3.08. The minimum absolute atomic E-state index is 0.232. The SMILES string of the molecule is COc1ccc(/C=C/C(=O)c2cccc3[nH]c(=O)oc23)cc1. The molecule has 0 unspecified atom stereocenters. The molecule has 0 atom stereocenters. The standard InChI is InChI=1S/C17H13NO4/c1-21-12-8-5-11(6-9-12)7-10-15(19)13-3-2-4-14-16(13)22-17(20)18-14/h2-10H,1H3,(H,18,20)/b10-7+. The van der Waals surface area contributed by atoms with Crippen molar-refractivity contribution in [3.05, 3.63) is 70.2 Å². The molecule has 0 amide bonds. The molecule has 0 aliphatic rings. The van der Waals surface area contributed by atoms with Crippen molar-refractivity contribution >= 4 is 23.0 Å². The molecule has 1 N–H and O–H groups in total. The molecule has 0 bridgehead atoms. The second-order valence-corrected chi connectivity index (χ2v) is 4.67. The molecule has 2 aromatic carbocycles. The van der Waals surface area contributed by atoms with Crippen LogP contribution in [0.25, 0.3) is 17.2 Å². The molecule has 0 saturated carbocycles. The highest BCUT2D eigenvalue weighted by Crippen LogP contribution is 2.17. The molecule has 1 aromatic heterocycles. The van der Waals surface area contributed by atoms with Gasteiger partial charge in [-0.3, -0.25) is 9.78 Å². The Kier molecular flexibility index (Phi) is 3.62. The monoisotopic (exact) mass is 295 g/mol. The average Bonchev–Trinajstić information content (AvgIpc) is 2.93. The molecular formula is C17H13NO4. The first kappa shape index (κ1) is 13.9. The highest BCUT2D eigenvalue weighted by Gasteiger charge is 2.11. The second kappa shape index (κ2) is 5.73. The molecule has 22 heavy (non-hydrogen) atoms. The molecule has 0 radical (unpaired) electrons. The Morgan fingerprint density at radius 3 is 2.68 bits per heavy atom. The number of hydrogen-bond donors (Lipinski definition) is 1. The Labute approximate surface area is 125 Å². The number of oxazole rings is 1. The van der Waals surface area contributed by atoms with E-state index in [-0.39, 0.29) is 11.4 Å². The summed E-state index contributed by atoms with van der Waals surface area (Å²) in [6.45, 7) is 0. The van der Waals surface area contributed by atoms with E-state index in [1.807, 2.05) is 24.3 Å². The fraction of sp³-hybridized carbons (Fsp3) is 0.0588. The van der Waals surface area contributed by atoms with E-state index in [0.717, 1.165) is 11.3 Å². The number of ether oxygens (including phenoxy) is 1. The van der Waals surface area contributed by atoms with Crippen molar-refractivity contribution in [3.63, 3.8) is 0 Å². The lowest BCUT2D eigenvalue weighted by Gasteiger charge is -1.99. The van der Waals surface area contributed by atoms with Crippen LogP contribution in [0.1, 0.15) is 15.9 Å². The largest absolute Gasteiger partial charge is 0.497 e. The Morgan fingerprint density at radius 2 is 1.95 bits per heavy atom. The third-order valence-corrected chi connectivity index (χ3v) is 3.25. The van der Waals surface area contributed by atoms with Gasteiger partial charge in [0.15, 0.2) is 11.4 Å². The predicted octanol–water partition coefficient (Wildman–Crippen LogP) is 3.03. The van der Waals surface area contributed by atoms with Crippen molar-refractivity contribution in [3.8, 4) is 5.75 Å². The first-order chi connectivity index (χ1) is 10.7. The number of H-pyrrole nitrogens is 1. The molecule has 5 heteroatoms. The molecule has 3 rings (SSSR count). The fourth-order valence-electron chi connectivity index (χ4n) is 2.14. The van der Waals surface area contributed by atoms with Gasteiger partial charge in [-0.05, 0) is 35.9 Å². The van der Waals surface area contributed by atoms with E-state index < -0.39 is 5.76 Å². The minimum atomic E-state index is -0.575. The number of carbonyl (C=O) groups is 1. The molecule has 5 nitrogen and oxygen atoms in total. The topological polar surface area (TPSA) is 72.3 Å². The normalized spacial score (nSPS) is 11.1. The van der Waals surface area contributed by atoms with E-state index >= 15 is 0 Å². The second-order valence-electron chi connectivity index (χ2n) is 4.67. The smallest absolute Gasteiger partial charge is 0.417 e. The van der Waals surface area contributed by atoms with Gasteiger partial charge in [0.05, 0.1) is 18.2 Å². The third kappa shape index (κ3) is 2.69. The Bertz CT molecular complexity index is 900. The lowest BCUT2D eigenvalue weighted by molar-refractivity contribution is 0.104. The summed E-state index contributed by atoms with van der Waals surface area (Å²) in [4.78, 5) is 26.0. The lowest BCUT2D eigenvalue weighted by Crippen LogP contribution is -1.95. The van der Waals surface area contributed by atoms with Gasteiger partial charge in [-0.15, -0.1) is 0 Å². The van der Waals surface area contributed by atoms with Crippen LogP contribution in [0, 0.1) is 0 Å². The Morgan fingerprint density at radius 1 is 1.18 bits per heavy atom. The van der Waals surface area contributed by atoms with Crippen molar-refractivity contribution < 1.29 is 13.9 Å². The molecule has 0 fully saturated rings. The number of fused-ring (bicyclic) bond motifs is 1. The van der Waals surface area contributed by atoms with Gasteiger partial charge >= 0.3 is 5.76 Å². The number of para-hydroxylation sites is 1. The maximum atomic E-state index is 12.3. The number of benzene rings is 2. The number of aromatic amines is 1. The number of ketones is 1. The zero-order chi connectivity index (χ0) is 15.5. The maximum absolute atomic E-state index is 12.3. The quantitative estimate of drug-likeness (QED) is 0.593. The minimum Gasteiger partial charge on any atom is -0.497 e. The van der Waals surface area contributed by atoms with Crippen LogP contribution in [0.5, 0.6) is 5.75 Å².